The number of carbonyl (C=O) groups is 1. The highest BCUT2D eigenvalue weighted by molar-refractivity contribution is 7.10. The molecule has 1 aliphatic carbocycles. The molecule has 1 N–H and O–H groups in total. The van der Waals surface area contributed by atoms with Crippen molar-refractivity contribution in [2.75, 3.05) is 6.54 Å². The minimum absolute atomic E-state index is 0.138. The van der Waals surface area contributed by atoms with Crippen LogP contribution >= 0.6 is 11.3 Å². The van der Waals surface area contributed by atoms with E-state index >= 15 is 0 Å². The minimum Gasteiger partial charge on any atom is -0.335 e. The highest BCUT2D eigenvalue weighted by atomic mass is 32.1. The zero-order valence-corrected chi connectivity index (χ0v) is 11.5. The highest BCUT2D eigenvalue weighted by Crippen LogP contribution is 2.24. The van der Waals surface area contributed by atoms with Gasteiger partial charge in [-0.2, -0.15) is 0 Å². The number of amides is 2. The third kappa shape index (κ3) is 2.53. The van der Waals surface area contributed by atoms with E-state index in [9.17, 15) is 4.79 Å². The summed E-state index contributed by atoms with van der Waals surface area (Å²) < 4.78 is 0. The molecule has 1 saturated carbocycles. The second-order valence-electron chi connectivity index (χ2n) is 5.32. The predicted octanol–water partition coefficient (Wildman–Crippen LogP) is 3.15. The molecule has 18 heavy (non-hydrogen) atoms. The first kappa shape index (κ1) is 12.0. The Morgan fingerprint density at radius 3 is 3.00 bits per heavy atom. The van der Waals surface area contributed by atoms with Gasteiger partial charge in [-0.05, 0) is 36.3 Å². The molecule has 3 nitrogen and oxygen atoms in total. The Hall–Kier alpha value is -1.03. The lowest BCUT2D eigenvalue weighted by molar-refractivity contribution is 0.185. The van der Waals surface area contributed by atoms with Crippen LogP contribution in [0.4, 0.5) is 4.79 Å². The zero-order valence-electron chi connectivity index (χ0n) is 10.7. The summed E-state index contributed by atoms with van der Waals surface area (Å²) in [5.41, 5.74) is 1.34. The Bertz CT molecular complexity index is 423. The maximum atomic E-state index is 12.2. The summed E-state index contributed by atoms with van der Waals surface area (Å²) in [5, 5.41) is 5.33. The van der Waals surface area contributed by atoms with Crippen molar-refractivity contribution in [2.24, 2.45) is 0 Å². The Balaban J connectivity index is 1.57. The summed E-state index contributed by atoms with van der Waals surface area (Å²) in [6, 6.07) is 2.70. The third-order valence-corrected chi connectivity index (χ3v) is 5.05. The van der Waals surface area contributed by atoms with Gasteiger partial charge in [0, 0.05) is 24.0 Å². The van der Waals surface area contributed by atoms with Gasteiger partial charge in [0.05, 0.1) is 0 Å². The molecule has 2 heterocycles. The number of urea groups is 1. The van der Waals surface area contributed by atoms with E-state index in [1.807, 2.05) is 16.2 Å². The molecule has 3 rings (SSSR count). The number of nitrogens with zero attached hydrogens (tertiary/aromatic N) is 1. The first-order valence-corrected chi connectivity index (χ1v) is 7.81. The van der Waals surface area contributed by atoms with Crippen LogP contribution < -0.4 is 5.32 Å². The summed E-state index contributed by atoms with van der Waals surface area (Å²) in [5.74, 6) is 0. The van der Waals surface area contributed by atoms with Crippen molar-refractivity contribution in [2.45, 2.75) is 51.1 Å². The number of fused-ring (bicyclic) bond motifs is 1. The third-order valence-electron chi connectivity index (χ3n) is 4.03. The van der Waals surface area contributed by atoms with Gasteiger partial charge in [-0.1, -0.05) is 19.3 Å². The van der Waals surface area contributed by atoms with Gasteiger partial charge in [-0.25, -0.2) is 4.79 Å². The molecular formula is C14H20N2OS. The number of thiophene rings is 1. The van der Waals surface area contributed by atoms with Crippen LogP contribution in [0.5, 0.6) is 0 Å². The number of hydrogen-bond acceptors (Lipinski definition) is 2. The van der Waals surface area contributed by atoms with Gasteiger partial charge in [-0.15, -0.1) is 11.3 Å². The molecule has 1 aromatic rings. The average Bonchev–Trinajstić information content (AvgIpc) is 2.87. The number of hydrogen-bond donors (Lipinski definition) is 1. The van der Waals surface area contributed by atoms with E-state index in [0.29, 0.717) is 6.04 Å². The monoisotopic (exact) mass is 264 g/mol. The molecule has 2 amide bonds. The van der Waals surface area contributed by atoms with Gasteiger partial charge in [0.2, 0.25) is 0 Å². The predicted molar refractivity (Wildman–Crippen MR) is 73.8 cm³/mol. The van der Waals surface area contributed by atoms with Crippen molar-refractivity contribution in [3.05, 3.63) is 21.9 Å². The molecule has 98 valence electrons. The molecular weight excluding hydrogens is 244 g/mol. The molecule has 0 spiro atoms. The quantitative estimate of drug-likeness (QED) is 0.830. The van der Waals surface area contributed by atoms with Gasteiger partial charge in [-0.3, -0.25) is 0 Å². The van der Waals surface area contributed by atoms with E-state index < -0.39 is 0 Å². The van der Waals surface area contributed by atoms with Crippen LogP contribution in [0.15, 0.2) is 11.4 Å². The lowest BCUT2D eigenvalue weighted by Gasteiger charge is -2.30. The second kappa shape index (κ2) is 5.31. The van der Waals surface area contributed by atoms with Gasteiger partial charge in [0.25, 0.3) is 0 Å². The molecule has 0 unspecified atom stereocenters. The highest BCUT2D eigenvalue weighted by Gasteiger charge is 2.23. The van der Waals surface area contributed by atoms with Crippen LogP contribution in [0.1, 0.15) is 42.5 Å². The van der Waals surface area contributed by atoms with Crippen LogP contribution in [-0.4, -0.2) is 23.5 Å². The zero-order chi connectivity index (χ0) is 12.4. The molecule has 0 saturated heterocycles. The van der Waals surface area contributed by atoms with Crippen LogP contribution in [0, 0.1) is 0 Å². The Morgan fingerprint density at radius 1 is 1.33 bits per heavy atom. The fraction of sp³-hybridized carbons (Fsp3) is 0.643. The molecule has 2 aliphatic rings. The van der Waals surface area contributed by atoms with Crippen LogP contribution in [0.3, 0.4) is 0 Å². The van der Waals surface area contributed by atoms with Gasteiger partial charge in [0.1, 0.15) is 0 Å². The maximum Gasteiger partial charge on any atom is 0.317 e. The van der Waals surface area contributed by atoms with Crippen molar-refractivity contribution in [3.8, 4) is 0 Å². The van der Waals surface area contributed by atoms with E-state index in [0.717, 1.165) is 32.4 Å². The van der Waals surface area contributed by atoms with Crippen molar-refractivity contribution in [1.82, 2.24) is 10.2 Å². The standard InChI is InChI=1S/C14H20N2OS/c17-14(15-12-4-2-1-3-5-12)16-8-6-13-11(10-16)7-9-18-13/h7,9,12H,1-6,8,10H2,(H,15,17). The van der Waals surface area contributed by atoms with E-state index in [1.165, 1.54) is 29.7 Å². The van der Waals surface area contributed by atoms with E-state index in [1.54, 1.807) is 0 Å². The lowest BCUT2D eigenvalue weighted by Crippen LogP contribution is -2.46. The van der Waals surface area contributed by atoms with Crippen molar-refractivity contribution >= 4 is 17.4 Å². The molecule has 0 aromatic carbocycles. The van der Waals surface area contributed by atoms with E-state index in [2.05, 4.69) is 16.8 Å². The van der Waals surface area contributed by atoms with Crippen LogP contribution in [-0.2, 0) is 13.0 Å². The summed E-state index contributed by atoms with van der Waals surface area (Å²) in [6.45, 7) is 1.66. The second-order valence-corrected chi connectivity index (χ2v) is 6.33. The molecule has 0 atom stereocenters. The fourth-order valence-electron chi connectivity index (χ4n) is 2.93. The van der Waals surface area contributed by atoms with Gasteiger partial charge >= 0.3 is 6.03 Å². The van der Waals surface area contributed by atoms with Crippen molar-refractivity contribution < 1.29 is 4.79 Å². The van der Waals surface area contributed by atoms with E-state index in [4.69, 9.17) is 0 Å². The SMILES string of the molecule is O=C(NC1CCCCC1)N1CCc2sccc2C1. The first-order chi connectivity index (χ1) is 8.83. The number of rotatable bonds is 1. The average molecular weight is 264 g/mol. The Morgan fingerprint density at radius 2 is 2.17 bits per heavy atom. The fourth-order valence-corrected chi connectivity index (χ4v) is 3.82. The van der Waals surface area contributed by atoms with Gasteiger partial charge in [0.15, 0.2) is 0 Å². The Kier molecular flexibility index (Phi) is 3.55. The lowest BCUT2D eigenvalue weighted by atomic mass is 9.96. The maximum absolute atomic E-state index is 12.2. The van der Waals surface area contributed by atoms with Crippen LogP contribution in [0.25, 0.3) is 0 Å². The van der Waals surface area contributed by atoms with Crippen molar-refractivity contribution in [1.29, 1.82) is 0 Å². The molecule has 1 fully saturated rings. The largest absolute Gasteiger partial charge is 0.335 e. The van der Waals surface area contributed by atoms with E-state index in [-0.39, 0.29) is 6.03 Å². The molecule has 4 heteroatoms. The first-order valence-electron chi connectivity index (χ1n) is 6.93. The molecule has 1 aromatic heterocycles. The summed E-state index contributed by atoms with van der Waals surface area (Å²) in [4.78, 5) is 15.6. The Labute approximate surface area is 112 Å². The normalized spacial score (nSPS) is 20.6. The number of nitrogens with one attached hydrogen (secondary N) is 1. The molecule has 1 aliphatic heterocycles. The summed E-state index contributed by atoms with van der Waals surface area (Å²) in [6.07, 6.45) is 7.19. The van der Waals surface area contributed by atoms with Crippen molar-refractivity contribution in [3.63, 3.8) is 0 Å². The van der Waals surface area contributed by atoms with Gasteiger partial charge < -0.3 is 10.2 Å². The molecule has 0 radical (unpaired) electrons. The smallest absolute Gasteiger partial charge is 0.317 e. The topological polar surface area (TPSA) is 32.3 Å². The minimum atomic E-state index is 0.138. The van der Waals surface area contributed by atoms with Crippen LogP contribution in [0.2, 0.25) is 0 Å². The summed E-state index contributed by atoms with van der Waals surface area (Å²) >= 11 is 1.82. The molecule has 0 bridgehead atoms. The summed E-state index contributed by atoms with van der Waals surface area (Å²) in [7, 11) is 0. The number of carbonyl (C=O) groups excluding carboxylic acids is 1.